The maximum Gasteiger partial charge on any atom is 0.225 e. The fourth-order valence-corrected chi connectivity index (χ4v) is 3.29. The summed E-state index contributed by atoms with van der Waals surface area (Å²) in [6, 6.07) is 5.24. The van der Waals surface area contributed by atoms with Gasteiger partial charge < -0.3 is 30.0 Å². The van der Waals surface area contributed by atoms with Crippen LogP contribution in [0.25, 0.3) is 0 Å². The number of amides is 1. The lowest BCUT2D eigenvalue weighted by Gasteiger charge is -2.34. The van der Waals surface area contributed by atoms with Crippen molar-refractivity contribution in [2.24, 2.45) is 4.99 Å². The first kappa shape index (κ1) is 25.8. The molecule has 2 aromatic rings. The first-order valence-electron chi connectivity index (χ1n) is 10.6. The Hall–Kier alpha value is -2.41. The van der Waals surface area contributed by atoms with Gasteiger partial charge in [0.2, 0.25) is 11.9 Å². The molecule has 0 bridgehead atoms. The Labute approximate surface area is 205 Å². The average molecular weight is 557 g/mol. The minimum atomic E-state index is -1.20. The highest BCUT2D eigenvalue weighted by Crippen LogP contribution is 2.21. The van der Waals surface area contributed by atoms with Crippen LogP contribution in [0.2, 0.25) is 0 Å². The number of aliphatic imine (C=N–C) groups is 1. The summed E-state index contributed by atoms with van der Waals surface area (Å²) >= 11 is 0. The van der Waals surface area contributed by atoms with Crippen molar-refractivity contribution in [3.05, 3.63) is 42.6 Å². The third kappa shape index (κ3) is 7.33. The zero-order valence-electron chi connectivity index (χ0n) is 18.5. The number of furan rings is 1. The summed E-state index contributed by atoms with van der Waals surface area (Å²) in [5.41, 5.74) is -1.20. The first-order chi connectivity index (χ1) is 15.0. The molecule has 3 rings (SSSR count). The van der Waals surface area contributed by atoms with Gasteiger partial charge in [-0.2, -0.15) is 0 Å². The lowest BCUT2D eigenvalue weighted by Crippen LogP contribution is -2.50. The Morgan fingerprint density at radius 2 is 1.94 bits per heavy atom. The molecule has 3 N–H and O–H groups in total. The van der Waals surface area contributed by atoms with Crippen LogP contribution in [0.1, 0.15) is 26.0 Å². The molecule has 1 amide bonds. The molecule has 1 saturated heterocycles. The maximum absolute atomic E-state index is 12.6. The molecule has 0 aromatic carbocycles. The Morgan fingerprint density at radius 1 is 1.22 bits per heavy atom. The number of nitrogens with zero attached hydrogens (tertiary/aromatic N) is 5. The Kier molecular flexibility index (Phi) is 10.2. The molecule has 1 fully saturated rings. The van der Waals surface area contributed by atoms with Crippen LogP contribution in [-0.2, 0) is 10.4 Å². The second kappa shape index (κ2) is 12.6. The highest BCUT2D eigenvalue weighted by Gasteiger charge is 2.26. The van der Waals surface area contributed by atoms with Gasteiger partial charge >= 0.3 is 0 Å². The number of carbonyl (C=O) groups excluding carboxylic acids is 1. The van der Waals surface area contributed by atoms with E-state index in [1.165, 1.54) is 6.26 Å². The normalized spacial score (nSPS) is 16.2. The number of guanidine groups is 1. The minimum Gasteiger partial charge on any atom is -0.466 e. The van der Waals surface area contributed by atoms with Crippen molar-refractivity contribution in [1.29, 1.82) is 0 Å². The van der Waals surface area contributed by atoms with Gasteiger partial charge in [0.15, 0.2) is 5.96 Å². The summed E-state index contributed by atoms with van der Waals surface area (Å²) in [5, 5.41) is 16.8. The third-order valence-electron chi connectivity index (χ3n) is 5.04. The molecule has 1 aliphatic heterocycles. The molecule has 32 heavy (non-hydrogen) atoms. The van der Waals surface area contributed by atoms with E-state index in [2.05, 4.69) is 30.5 Å². The summed E-state index contributed by atoms with van der Waals surface area (Å²) in [5.74, 6) is 1.81. The Balaban J connectivity index is 0.00000363. The van der Waals surface area contributed by atoms with Crippen LogP contribution in [0.15, 0.2) is 46.3 Å². The quantitative estimate of drug-likeness (QED) is 0.252. The summed E-state index contributed by atoms with van der Waals surface area (Å²) in [4.78, 5) is 29.5. The van der Waals surface area contributed by atoms with Gasteiger partial charge in [-0.05, 0) is 32.0 Å². The molecular weight excluding hydrogens is 525 g/mol. The first-order valence-corrected chi connectivity index (χ1v) is 10.6. The van der Waals surface area contributed by atoms with Crippen LogP contribution in [0, 0.1) is 0 Å². The summed E-state index contributed by atoms with van der Waals surface area (Å²) in [7, 11) is 0. The lowest BCUT2D eigenvalue weighted by molar-refractivity contribution is -0.131. The number of rotatable bonds is 8. The SMILES string of the molecule is CCNC(=NCC(C)(O)c1ccco1)NCCC(=O)N1CCN(c2ncccn2)CC1.I. The van der Waals surface area contributed by atoms with E-state index in [4.69, 9.17) is 4.42 Å². The number of halogens is 1. The molecule has 1 unspecified atom stereocenters. The van der Waals surface area contributed by atoms with Gasteiger partial charge in [-0.15, -0.1) is 24.0 Å². The summed E-state index contributed by atoms with van der Waals surface area (Å²) in [6.07, 6.45) is 5.34. The van der Waals surface area contributed by atoms with E-state index in [9.17, 15) is 9.90 Å². The summed E-state index contributed by atoms with van der Waals surface area (Å²) in [6.45, 7) is 7.61. The lowest BCUT2D eigenvalue weighted by atomic mass is 10.0. The molecule has 10 nitrogen and oxygen atoms in total. The van der Waals surface area contributed by atoms with Crippen LogP contribution in [-0.4, -0.2) is 77.7 Å². The Morgan fingerprint density at radius 3 is 2.56 bits per heavy atom. The molecule has 11 heteroatoms. The van der Waals surface area contributed by atoms with Crippen molar-refractivity contribution in [2.45, 2.75) is 25.9 Å². The number of aromatic nitrogens is 2. The van der Waals surface area contributed by atoms with E-state index in [1.54, 1.807) is 37.5 Å². The zero-order chi connectivity index (χ0) is 22.1. The molecule has 2 aromatic heterocycles. The summed E-state index contributed by atoms with van der Waals surface area (Å²) < 4.78 is 5.28. The predicted molar refractivity (Wildman–Crippen MR) is 133 cm³/mol. The molecule has 1 atom stereocenters. The number of aliphatic hydroxyl groups is 1. The molecule has 0 spiro atoms. The molecule has 0 radical (unpaired) electrons. The van der Waals surface area contributed by atoms with Crippen LogP contribution in [0.3, 0.4) is 0 Å². The van der Waals surface area contributed by atoms with E-state index >= 15 is 0 Å². The minimum absolute atomic E-state index is 0. The largest absolute Gasteiger partial charge is 0.466 e. The number of nitrogens with one attached hydrogen (secondary N) is 2. The van der Waals surface area contributed by atoms with E-state index in [1.807, 2.05) is 11.8 Å². The number of anilines is 1. The molecule has 0 aliphatic carbocycles. The highest BCUT2D eigenvalue weighted by atomic mass is 127. The van der Waals surface area contributed by atoms with Crippen LogP contribution < -0.4 is 15.5 Å². The fraction of sp³-hybridized carbons (Fsp3) is 0.524. The highest BCUT2D eigenvalue weighted by molar-refractivity contribution is 14.0. The maximum atomic E-state index is 12.6. The van der Waals surface area contributed by atoms with Crippen molar-refractivity contribution in [3.63, 3.8) is 0 Å². The van der Waals surface area contributed by atoms with Crippen LogP contribution in [0.4, 0.5) is 5.95 Å². The van der Waals surface area contributed by atoms with Gasteiger partial charge in [0.05, 0.1) is 12.8 Å². The van der Waals surface area contributed by atoms with Gasteiger partial charge in [-0.25, -0.2) is 15.0 Å². The molecular formula is C21H32IN7O3. The van der Waals surface area contributed by atoms with Crippen molar-refractivity contribution in [1.82, 2.24) is 25.5 Å². The van der Waals surface area contributed by atoms with E-state index in [-0.39, 0.29) is 36.4 Å². The van der Waals surface area contributed by atoms with E-state index in [0.29, 0.717) is 50.3 Å². The van der Waals surface area contributed by atoms with Gasteiger partial charge in [-0.3, -0.25) is 4.79 Å². The zero-order valence-corrected chi connectivity index (χ0v) is 20.9. The monoisotopic (exact) mass is 557 g/mol. The number of carbonyl (C=O) groups is 1. The van der Waals surface area contributed by atoms with Gasteiger partial charge in [-0.1, -0.05) is 0 Å². The third-order valence-corrected chi connectivity index (χ3v) is 5.04. The topological polar surface area (TPSA) is 119 Å². The molecule has 0 saturated carbocycles. The smallest absolute Gasteiger partial charge is 0.225 e. The van der Waals surface area contributed by atoms with Crippen molar-refractivity contribution < 1.29 is 14.3 Å². The fourth-order valence-electron chi connectivity index (χ4n) is 3.29. The molecule has 3 heterocycles. The molecule has 1 aliphatic rings. The van der Waals surface area contributed by atoms with Crippen molar-refractivity contribution in [2.75, 3.05) is 50.7 Å². The van der Waals surface area contributed by atoms with E-state index < -0.39 is 5.60 Å². The van der Waals surface area contributed by atoms with Crippen LogP contribution in [0.5, 0.6) is 0 Å². The van der Waals surface area contributed by atoms with Crippen molar-refractivity contribution in [3.8, 4) is 0 Å². The van der Waals surface area contributed by atoms with E-state index in [0.717, 1.165) is 13.1 Å². The standard InChI is InChI=1S/C21H31N7O3.HI/c1-3-22-19(26-16-21(2,30)17-6-4-15-31-17)23-10-7-18(29)27-11-13-28(14-12-27)20-24-8-5-9-25-20;/h4-6,8-9,15,30H,3,7,10-14,16H2,1-2H3,(H2,22,23,26);1H. The molecule has 176 valence electrons. The van der Waals surface area contributed by atoms with Gasteiger partial charge in [0, 0.05) is 58.1 Å². The second-order valence-electron chi connectivity index (χ2n) is 7.54. The van der Waals surface area contributed by atoms with Gasteiger partial charge in [0.25, 0.3) is 0 Å². The number of hydrogen-bond acceptors (Lipinski definition) is 7. The van der Waals surface area contributed by atoms with Gasteiger partial charge in [0.1, 0.15) is 11.4 Å². The predicted octanol–water partition coefficient (Wildman–Crippen LogP) is 1.19. The Bertz CT molecular complexity index is 838. The average Bonchev–Trinajstić information content (AvgIpc) is 3.34. The number of piperazine rings is 1. The number of hydrogen-bond donors (Lipinski definition) is 3. The van der Waals surface area contributed by atoms with Crippen LogP contribution >= 0.6 is 24.0 Å². The van der Waals surface area contributed by atoms with Crippen molar-refractivity contribution >= 4 is 41.8 Å². The second-order valence-corrected chi connectivity index (χ2v) is 7.54.